The average Bonchev–Trinajstić information content (AvgIpc) is 2.26. The van der Waals surface area contributed by atoms with E-state index in [4.69, 9.17) is 10.5 Å². The Morgan fingerprint density at radius 1 is 1.57 bits per heavy atom. The van der Waals surface area contributed by atoms with E-state index in [-0.39, 0.29) is 12.2 Å². The maximum atomic E-state index is 5.77. The molecule has 0 aliphatic carbocycles. The monoisotopic (exact) mass is 194 g/mol. The van der Waals surface area contributed by atoms with Crippen LogP contribution in [-0.4, -0.2) is 17.6 Å². The minimum atomic E-state index is -0.0290. The molecule has 0 saturated carbocycles. The van der Waals surface area contributed by atoms with Gasteiger partial charge in [-0.05, 0) is 19.4 Å². The fraction of sp³-hybridized carbons (Fsp3) is 0.545. The van der Waals surface area contributed by atoms with Gasteiger partial charge in [0.2, 0.25) is 0 Å². The topological polar surface area (TPSA) is 48.1 Å². The number of nitrogens with zero attached hydrogens (tertiary/aromatic N) is 1. The molecule has 1 aromatic heterocycles. The molecule has 0 saturated heterocycles. The first kappa shape index (κ1) is 11.1. The highest BCUT2D eigenvalue weighted by molar-refractivity contribution is 5.12. The summed E-state index contributed by atoms with van der Waals surface area (Å²) in [4.78, 5) is 4.05. The van der Waals surface area contributed by atoms with Gasteiger partial charge >= 0.3 is 0 Å². The fourth-order valence-electron chi connectivity index (χ4n) is 1.21. The summed E-state index contributed by atoms with van der Waals surface area (Å²) in [5.74, 6) is 0. The quantitative estimate of drug-likeness (QED) is 0.778. The van der Waals surface area contributed by atoms with E-state index in [0.717, 1.165) is 12.0 Å². The van der Waals surface area contributed by atoms with E-state index in [1.165, 1.54) is 0 Å². The molecule has 2 N–H and O–H groups in total. The molecule has 0 aliphatic rings. The zero-order valence-electron chi connectivity index (χ0n) is 8.81. The second-order valence-corrected chi connectivity index (χ2v) is 3.37. The smallest absolute Gasteiger partial charge is 0.0965 e. The Balaban J connectivity index is 2.63. The summed E-state index contributed by atoms with van der Waals surface area (Å²) in [5, 5.41) is 0. The number of pyridine rings is 1. The van der Waals surface area contributed by atoms with Crippen LogP contribution in [0.15, 0.2) is 24.5 Å². The van der Waals surface area contributed by atoms with Crippen LogP contribution in [0.25, 0.3) is 0 Å². The molecule has 1 rings (SSSR count). The van der Waals surface area contributed by atoms with Crippen LogP contribution in [0.3, 0.4) is 0 Å². The lowest BCUT2D eigenvalue weighted by Crippen LogP contribution is -2.20. The van der Waals surface area contributed by atoms with Crippen LogP contribution in [0.2, 0.25) is 0 Å². The molecule has 2 atom stereocenters. The standard InChI is InChI=1S/C11H18N2O/c1-3-9(2)14-11(7-12)10-5-4-6-13-8-10/h4-6,8-9,11H,3,7,12H2,1-2H3. The number of hydrogen-bond donors (Lipinski definition) is 1. The van der Waals surface area contributed by atoms with Gasteiger partial charge in [-0.1, -0.05) is 13.0 Å². The predicted octanol–water partition coefficient (Wildman–Crippen LogP) is 1.90. The van der Waals surface area contributed by atoms with E-state index in [0.29, 0.717) is 6.54 Å². The summed E-state index contributed by atoms with van der Waals surface area (Å²) in [6.45, 7) is 4.65. The summed E-state index contributed by atoms with van der Waals surface area (Å²) in [5.41, 5.74) is 6.71. The van der Waals surface area contributed by atoms with E-state index in [9.17, 15) is 0 Å². The Morgan fingerprint density at radius 3 is 2.86 bits per heavy atom. The molecule has 1 aromatic rings. The SMILES string of the molecule is CCC(C)OC(CN)c1cccnc1. The summed E-state index contributed by atoms with van der Waals surface area (Å²) >= 11 is 0. The van der Waals surface area contributed by atoms with Crippen molar-refractivity contribution in [2.24, 2.45) is 5.73 Å². The summed E-state index contributed by atoms with van der Waals surface area (Å²) in [6.07, 6.45) is 4.76. The fourth-order valence-corrected chi connectivity index (χ4v) is 1.21. The molecule has 0 amide bonds. The van der Waals surface area contributed by atoms with Gasteiger partial charge in [0.25, 0.3) is 0 Å². The zero-order chi connectivity index (χ0) is 10.4. The molecule has 14 heavy (non-hydrogen) atoms. The third-order valence-corrected chi connectivity index (χ3v) is 2.24. The van der Waals surface area contributed by atoms with Gasteiger partial charge in [-0.3, -0.25) is 4.98 Å². The Hall–Kier alpha value is -0.930. The summed E-state index contributed by atoms with van der Waals surface area (Å²) in [7, 11) is 0. The Bertz CT molecular complexity index is 251. The Morgan fingerprint density at radius 2 is 2.36 bits per heavy atom. The van der Waals surface area contributed by atoms with Gasteiger partial charge in [0, 0.05) is 24.5 Å². The first-order valence-corrected chi connectivity index (χ1v) is 5.03. The van der Waals surface area contributed by atoms with Crippen LogP contribution < -0.4 is 5.73 Å². The number of aromatic nitrogens is 1. The van der Waals surface area contributed by atoms with Crippen LogP contribution in [-0.2, 0) is 4.74 Å². The van der Waals surface area contributed by atoms with Crippen molar-refractivity contribution in [3.63, 3.8) is 0 Å². The lowest BCUT2D eigenvalue weighted by atomic mass is 10.1. The van der Waals surface area contributed by atoms with Crippen molar-refractivity contribution in [2.75, 3.05) is 6.54 Å². The van der Waals surface area contributed by atoms with Crippen LogP contribution in [0.5, 0.6) is 0 Å². The predicted molar refractivity (Wildman–Crippen MR) is 56.9 cm³/mol. The molecule has 0 fully saturated rings. The van der Waals surface area contributed by atoms with Crippen molar-refractivity contribution in [2.45, 2.75) is 32.5 Å². The molecule has 0 spiro atoms. The van der Waals surface area contributed by atoms with Gasteiger partial charge in [-0.2, -0.15) is 0 Å². The van der Waals surface area contributed by atoms with E-state index in [1.54, 1.807) is 12.4 Å². The Kier molecular flexibility index (Phi) is 4.56. The van der Waals surface area contributed by atoms with E-state index >= 15 is 0 Å². The largest absolute Gasteiger partial charge is 0.369 e. The normalized spacial score (nSPS) is 15.1. The van der Waals surface area contributed by atoms with Crippen LogP contribution >= 0.6 is 0 Å². The number of rotatable bonds is 5. The first-order valence-electron chi connectivity index (χ1n) is 5.03. The molecule has 0 aromatic carbocycles. The molecule has 0 aliphatic heterocycles. The minimum absolute atomic E-state index is 0.0290. The molecule has 78 valence electrons. The highest BCUT2D eigenvalue weighted by Gasteiger charge is 2.12. The minimum Gasteiger partial charge on any atom is -0.369 e. The van der Waals surface area contributed by atoms with Gasteiger partial charge < -0.3 is 10.5 Å². The maximum absolute atomic E-state index is 5.77. The number of nitrogens with two attached hydrogens (primary N) is 1. The van der Waals surface area contributed by atoms with Gasteiger partial charge in [0.05, 0.1) is 12.2 Å². The van der Waals surface area contributed by atoms with Gasteiger partial charge in [0.15, 0.2) is 0 Å². The lowest BCUT2D eigenvalue weighted by Gasteiger charge is -2.20. The second-order valence-electron chi connectivity index (χ2n) is 3.37. The zero-order valence-corrected chi connectivity index (χ0v) is 8.81. The van der Waals surface area contributed by atoms with Crippen LogP contribution in [0.1, 0.15) is 31.9 Å². The molecule has 1 heterocycles. The molecular weight excluding hydrogens is 176 g/mol. The van der Waals surface area contributed by atoms with Crippen molar-refractivity contribution < 1.29 is 4.74 Å². The molecule has 2 unspecified atom stereocenters. The van der Waals surface area contributed by atoms with Crippen molar-refractivity contribution >= 4 is 0 Å². The number of ether oxygens (including phenoxy) is 1. The van der Waals surface area contributed by atoms with Crippen molar-refractivity contribution in [1.29, 1.82) is 0 Å². The van der Waals surface area contributed by atoms with Crippen molar-refractivity contribution in [1.82, 2.24) is 4.98 Å². The first-order chi connectivity index (χ1) is 6.77. The highest BCUT2D eigenvalue weighted by Crippen LogP contribution is 2.17. The van der Waals surface area contributed by atoms with E-state index in [1.807, 2.05) is 12.1 Å². The Labute approximate surface area is 85.3 Å². The average molecular weight is 194 g/mol. The van der Waals surface area contributed by atoms with Crippen molar-refractivity contribution in [3.8, 4) is 0 Å². The van der Waals surface area contributed by atoms with E-state index < -0.39 is 0 Å². The summed E-state index contributed by atoms with van der Waals surface area (Å²) in [6, 6.07) is 3.89. The molecule has 0 radical (unpaired) electrons. The lowest BCUT2D eigenvalue weighted by molar-refractivity contribution is -0.000192. The number of hydrogen-bond acceptors (Lipinski definition) is 3. The molecule has 3 heteroatoms. The van der Waals surface area contributed by atoms with Gasteiger partial charge in [0.1, 0.15) is 0 Å². The molecule has 3 nitrogen and oxygen atoms in total. The third-order valence-electron chi connectivity index (χ3n) is 2.24. The van der Waals surface area contributed by atoms with Crippen LogP contribution in [0.4, 0.5) is 0 Å². The highest BCUT2D eigenvalue weighted by atomic mass is 16.5. The summed E-state index contributed by atoms with van der Waals surface area (Å²) < 4.78 is 5.77. The maximum Gasteiger partial charge on any atom is 0.0965 e. The van der Waals surface area contributed by atoms with Gasteiger partial charge in [-0.15, -0.1) is 0 Å². The van der Waals surface area contributed by atoms with Crippen LogP contribution in [0, 0.1) is 0 Å². The molecule has 0 bridgehead atoms. The van der Waals surface area contributed by atoms with Crippen molar-refractivity contribution in [3.05, 3.63) is 30.1 Å². The second kappa shape index (κ2) is 5.73. The van der Waals surface area contributed by atoms with Gasteiger partial charge in [-0.25, -0.2) is 0 Å². The third kappa shape index (κ3) is 3.09. The van der Waals surface area contributed by atoms with E-state index in [2.05, 4.69) is 18.8 Å². The molecular formula is C11H18N2O.